The number of piperidine rings is 1. The number of fused-ring (bicyclic) bond motifs is 1. The van der Waals surface area contributed by atoms with Gasteiger partial charge in [0.25, 0.3) is 0 Å². The third-order valence-electron chi connectivity index (χ3n) is 3.58. The summed E-state index contributed by atoms with van der Waals surface area (Å²) in [5, 5.41) is 3.33. The number of nitrogens with one attached hydrogen (secondary N) is 1. The Kier molecular flexibility index (Phi) is 2.56. The molecule has 0 spiro atoms. The van der Waals surface area contributed by atoms with E-state index < -0.39 is 0 Å². The number of hydrogen-bond acceptors (Lipinski definition) is 2. The first-order valence-corrected chi connectivity index (χ1v) is 6.01. The molecule has 0 bridgehead atoms. The largest absolute Gasteiger partial charge is 0.493 e. The Bertz CT molecular complexity index is 399. The number of benzene rings is 1. The van der Waals surface area contributed by atoms with E-state index >= 15 is 0 Å². The molecule has 1 fully saturated rings. The minimum absolute atomic E-state index is 0.0244. The van der Waals surface area contributed by atoms with Crippen LogP contribution in [0.2, 0.25) is 0 Å². The molecule has 0 aromatic heterocycles. The first kappa shape index (κ1) is 10.1. The van der Waals surface area contributed by atoms with Crippen molar-refractivity contribution in [2.24, 2.45) is 0 Å². The smallest absolute Gasteiger partial charge is 0.133 e. The van der Waals surface area contributed by atoms with Gasteiger partial charge in [-0.25, -0.2) is 4.39 Å². The molecule has 0 saturated carbocycles. The van der Waals surface area contributed by atoms with Crippen LogP contribution in [-0.4, -0.2) is 19.7 Å². The summed E-state index contributed by atoms with van der Waals surface area (Å²) in [7, 11) is 0. The van der Waals surface area contributed by atoms with Gasteiger partial charge in [0.15, 0.2) is 0 Å². The fourth-order valence-corrected chi connectivity index (χ4v) is 2.69. The molecule has 3 rings (SSSR count). The van der Waals surface area contributed by atoms with Crippen LogP contribution in [0.4, 0.5) is 4.39 Å². The van der Waals surface area contributed by atoms with E-state index in [0.29, 0.717) is 12.5 Å². The standard InChI is InChI=1S/C13H16FNO/c14-13-10(9-2-1-6-15-8-9)3-4-12-11(13)5-7-16-12/h3-4,9,15H,1-2,5-8H2. The summed E-state index contributed by atoms with van der Waals surface area (Å²) in [6.45, 7) is 2.58. The topological polar surface area (TPSA) is 21.3 Å². The van der Waals surface area contributed by atoms with Gasteiger partial charge in [-0.05, 0) is 36.9 Å². The number of ether oxygens (including phenoxy) is 1. The van der Waals surface area contributed by atoms with Crippen LogP contribution in [0.25, 0.3) is 0 Å². The van der Waals surface area contributed by atoms with Crippen molar-refractivity contribution in [1.82, 2.24) is 5.32 Å². The van der Waals surface area contributed by atoms with Gasteiger partial charge in [-0.2, -0.15) is 0 Å². The van der Waals surface area contributed by atoms with Crippen molar-refractivity contribution < 1.29 is 9.13 Å². The van der Waals surface area contributed by atoms with Crippen LogP contribution in [0.3, 0.4) is 0 Å². The van der Waals surface area contributed by atoms with Crippen molar-refractivity contribution in [3.63, 3.8) is 0 Å². The Morgan fingerprint density at radius 2 is 2.31 bits per heavy atom. The van der Waals surface area contributed by atoms with E-state index in [2.05, 4.69) is 5.32 Å². The highest BCUT2D eigenvalue weighted by Crippen LogP contribution is 2.34. The van der Waals surface area contributed by atoms with Crippen LogP contribution in [0.5, 0.6) is 5.75 Å². The number of hydrogen-bond donors (Lipinski definition) is 1. The molecule has 2 aliphatic rings. The second-order valence-electron chi connectivity index (χ2n) is 4.59. The van der Waals surface area contributed by atoms with Crippen molar-refractivity contribution in [3.05, 3.63) is 29.1 Å². The van der Waals surface area contributed by atoms with Gasteiger partial charge < -0.3 is 10.1 Å². The number of rotatable bonds is 1. The molecule has 1 atom stereocenters. The second-order valence-corrected chi connectivity index (χ2v) is 4.59. The van der Waals surface area contributed by atoms with Gasteiger partial charge in [-0.1, -0.05) is 6.07 Å². The predicted molar refractivity (Wildman–Crippen MR) is 60.4 cm³/mol. The molecule has 0 aliphatic carbocycles. The maximum Gasteiger partial charge on any atom is 0.133 e. The van der Waals surface area contributed by atoms with Crippen molar-refractivity contribution in [2.75, 3.05) is 19.7 Å². The predicted octanol–water partition coefficient (Wildman–Crippen LogP) is 2.23. The maximum absolute atomic E-state index is 14.3. The molecule has 1 aromatic carbocycles. The maximum atomic E-state index is 14.3. The van der Waals surface area contributed by atoms with Crippen LogP contribution in [0.1, 0.15) is 29.9 Å². The molecule has 1 aromatic rings. The summed E-state index contributed by atoms with van der Waals surface area (Å²) in [4.78, 5) is 0. The molecule has 86 valence electrons. The molecule has 2 heterocycles. The summed E-state index contributed by atoms with van der Waals surface area (Å²) >= 11 is 0. The summed E-state index contributed by atoms with van der Waals surface area (Å²) in [6, 6.07) is 3.83. The monoisotopic (exact) mass is 221 g/mol. The molecule has 1 saturated heterocycles. The lowest BCUT2D eigenvalue weighted by atomic mass is 9.90. The lowest BCUT2D eigenvalue weighted by Crippen LogP contribution is -2.28. The lowest BCUT2D eigenvalue weighted by molar-refractivity contribution is 0.356. The minimum Gasteiger partial charge on any atom is -0.493 e. The highest BCUT2D eigenvalue weighted by atomic mass is 19.1. The average molecular weight is 221 g/mol. The molecular weight excluding hydrogens is 205 g/mol. The minimum atomic E-state index is -0.0244. The Hall–Kier alpha value is -1.09. The van der Waals surface area contributed by atoms with E-state index in [1.165, 1.54) is 0 Å². The Morgan fingerprint density at radius 1 is 1.38 bits per heavy atom. The van der Waals surface area contributed by atoms with Gasteiger partial charge in [0.1, 0.15) is 11.6 Å². The molecule has 16 heavy (non-hydrogen) atoms. The molecule has 0 amide bonds. The Morgan fingerprint density at radius 3 is 3.12 bits per heavy atom. The van der Waals surface area contributed by atoms with Crippen LogP contribution >= 0.6 is 0 Å². The molecule has 3 heteroatoms. The molecule has 2 nitrogen and oxygen atoms in total. The fourth-order valence-electron chi connectivity index (χ4n) is 2.69. The van der Waals surface area contributed by atoms with E-state index in [0.717, 1.165) is 49.2 Å². The molecule has 2 aliphatic heterocycles. The van der Waals surface area contributed by atoms with Gasteiger partial charge >= 0.3 is 0 Å². The lowest BCUT2D eigenvalue weighted by Gasteiger charge is -2.24. The van der Waals surface area contributed by atoms with Gasteiger partial charge in [-0.15, -0.1) is 0 Å². The third-order valence-corrected chi connectivity index (χ3v) is 3.58. The van der Waals surface area contributed by atoms with Gasteiger partial charge in [0.05, 0.1) is 6.61 Å². The zero-order chi connectivity index (χ0) is 11.0. The van der Waals surface area contributed by atoms with Crippen LogP contribution in [0, 0.1) is 5.82 Å². The summed E-state index contributed by atoms with van der Waals surface area (Å²) in [5.74, 6) is 1.05. The molecule has 0 radical (unpaired) electrons. The second kappa shape index (κ2) is 4.06. The van der Waals surface area contributed by atoms with E-state index in [9.17, 15) is 4.39 Å². The quantitative estimate of drug-likeness (QED) is 0.785. The van der Waals surface area contributed by atoms with Crippen molar-refractivity contribution >= 4 is 0 Å². The van der Waals surface area contributed by atoms with E-state index in [4.69, 9.17) is 4.74 Å². The van der Waals surface area contributed by atoms with Crippen molar-refractivity contribution in [1.29, 1.82) is 0 Å². The summed E-state index contributed by atoms with van der Waals surface area (Å²) in [5.41, 5.74) is 1.65. The third kappa shape index (κ3) is 1.59. The van der Waals surface area contributed by atoms with E-state index in [-0.39, 0.29) is 5.82 Å². The highest BCUT2D eigenvalue weighted by Gasteiger charge is 2.24. The Balaban J connectivity index is 1.95. The zero-order valence-corrected chi connectivity index (χ0v) is 9.26. The summed E-state index contributed by atoms with van der Waals surface area (Å²) < 4.78 is 19.6. The molecule has 1 N–H and O–H groups in total. The van der Waals surface area contributed by atoms with Gasteiger partial charge in [0.2, 0.25) is 0 Å². The van der Waals surface area contributed by atoms with E-state index in [1.807, 2.05) is 12.1 Å². The van der Waals surface area contributed by atoms with Crippen molar-refractivity contribution in [2.45, 2.75) is 25.2 Å². The molecular formula is C13H16FNO. The van der Waals surface area contributed by atoms with Gasteiger partial charge in [-0.3, -0.25) is 0 Å². The highest BCUT2D eigenvalue weighted by molar-refractivity contribution is 5.42. The fraction of sp³-hybridized carbons (Fsp3) is 0.538. The van der Waals surface area contributed by atoms with Crippen LogP contribution in [-0.2, 0) is 6.42 Å². The van der Waals surface area contributed by atoms with Gasteiger partial charge in [0, 0.05) is 18.5 Å². The zero-order valence-electron chi connectivity index (χ0n) is 9.26. The van der Waals surface area contributed by atoms with Crippen LogP contribution < -0.4 is 10.1 Å². The van der Waals surface area contributed by atoms with E-state index in [1.54, 1.807) is 0 Å². The Labute approximate surface area is 94.8 Å². The summed E-state index contributed by atoms with van der Waals surface area (Å²) in [6.07, 6.45) is 2.94. The average Bonchev–Trinajstić information content (AvgIpc) is 2.80. The SMILES string of the molecule is Fc1c(C2CCCNC2)ccc2c1CCO2. The normalized spacial score (nSPS) is 23.9. The number of halogens is 1. The first-order chi connectivity index (χ1) is 7.86. The first-order valence-electron chi connectivity index (χ1n) is 6.01. The van der Waals surface area contributed by atoms with Crippen molar-refractivity contribution in [3.8, 4) is 5.75 Å². The molecule has 1 unspecified atom stereocenters. The van der Waals surface area contributed by atoms with Crippen LogP contribution in [0.15, 0.2) is 12.1 Å².